The number of carbonyl (C=O) groups excluding carboxylic acids is 2. The molecule has 118 valence electrons. The molecule has 0 atom stereocenters. The van der Waals surface area contributed by atoms with E-state index in [9.17, 15) is 14.4 Å². The molecule has 0 fully saturated rings. The number of rotatable bonds is 6. The molecule has 2 aromatic rings. The molecule has 3 N–H and O–H groups in total. The van der Waals surface area contributed by atoms with Gasteiger partial charge in [0.15, 0.2) is 0 Å². The number of carboxylic acid groups (broad SMARTS) is 1. The SMILES string of the molecule is O=C(O)CNC(=O)c1ccc(CNC(=O)c2ccccc2)cc1. The van der Waals surface area contributed by atoms with Crippen LogP contribution in [-0.2, 0) is 11.3 Å². The molecule has 0 aliphatic rings. The molecule has 0 aliphatic carbocycles. The summed E-state index contributed by atoms with van der Waals surface area (Å²) in [6.45, 7) is -0.0849. The van der Waals surface area contributed by atoms with E-state index in [1.807, 2.05) is 6.07 Å². The van der Waals surface area contributed by atoms with Crippen molar-refractivity contribution in [2.45, 2.75) is 6.54 Å². The van der Waals surface area contributed by atoms with E-state index in [4.69, 9.17) is 5.11 Å². The van der Waals surface area contributed by atoms with Gasteiger partial charge in [-0.25, -0.2) is 0 Å². The van der Waals surface area contributed by atoms with Gasteiger partial charge in [0, 0.05) is 17.7 Å². The van der Waals surface area contributed by atoms with Gasteiger partial charge in [-0.1, -0.05) is 30.3 Å². The summed E-state index contributed by atoms with van der Waals surface area (Å²) in [5.41, 5.74) is 1.78. The van der Waals surface area contributed by atoms with Crippen LogP contribution in [0.2, 0.25) is 0 Å². The molecule has 0 spiro atoms. The number of hydrogen-bond acceptors (Lipinski definition) is 3. The summed E-state index contributed by atoms with van der Waals surface area (Å²) in [4.78, 5) is 34.0. The standard InChI is InChI=1S/C17H16N2O4/c20-15(21)11-19-17(23)14-8-6-12(7-9-14)10-18-16(22)13-4-2-1-3-5-13/h1-9H,10-11H2,(H,18,22)(H,19,23)(H,20,21). The molecular formula is C17H16N2O4. The summed E-state index contributed by atoms with van der Waals surface area (Å²) in [5.74, 6) is -1.72. The molecule has 0 radical (unpaired) electrons. The van der Waals surface area contributed by atoms with E-state index in [1.165, 1.54) is 0 Å². The highest BCUT2D eigenvalue weighted by molar-refractivity contribution is 5.96. The molecule has 0 aromatic heterocycles. The normalized spacial score (nSPS) is 9.91. The summed E-state index contributed by atoms with van der Waals surface area (Å²) in [6, 6.07) is 15.5. The Hall–Kier alpha value is -3.15. The highest BCUT2D eigenvalue weighted by atomic mass is 16.4. The van der Waals surface area contributed by atoms with Crippen LogP contribution >= 0.6 is 0 Å². The molecule has 6 heteroatoms. The van der Waals surface area contributed by atoms with Crippen molar-refractivity contribution in [2.24, 2.45) is 0 Å². The monoisotopic (exact) mass is 312 g/mol. The van der Waals surface area contributed by atoms with Crippen molar-refractivity contribution in [3.8, 4) is 0 Å². The lowest BCUT2D eigenvalue weighted by Gasteiger charge is -2.07. The lowest BCUT2D eigenvalue weighted by Crippen LogP contribution is -2.29. The molecule has 2 aromatic carbocycles. The molecule has 0 heterocycles. The van der Waals surface area contributed by atoms with Gasteiger partial charge < -0.3 is 15.7 Å². The number of carbonyl (C=O) groups is 3. The van der Waals surface area contributed by atoms with Gasteiger partial charge in [-0.2, -0.15) is 0 Å². The average Bonchev–Trinajstić information content (AvgIpc) is 2.58. The van der Waals surface area contributed by atoms with Crippen LogP contribution in [0.1, 0.15) is 26.3 Å². The van der Waals surface area contributed by atoms with Crippen molar-refractivity contribution < 1.29 is 19.5 Å². The Bertz CT molecular complexity index is 696. The van der Waals surface area contributed by atoms with Gasteiger partial charge in [-0.05, 0) is 29.8 Å². The van der Waals surface area contributed by atoms with Crippen molar-refractivity contribution >= 4 is 17.8 Å². The largest absolute Gasteiger partial charge is 0.480 e. The Morgan fingerprint density at radius 2 is 1.35 bits per heavy atom. The average molecular weight is 312 g/mol. The van der Waals surface area contributed by atoms with Crippen molar-refractivity contribution in [3.05, 3.63) is 71.3 Å². The van der Waals surface area contributed by atoms with Crippen LogP contribution < -0.4 is 10.6 Å². The van der Waals surface area contributed by atoms with E-state index in [-0.39, 0.29) is 5.91 Å². The molecule has 0 saturated heterocycles. The summed E-state index contributed by atoms with van der Waals surface area (Å²) >= 11 is 0. The first-order valence-corrected chi connectivity index (χ1v) is 6.98. The van der Waals surface area contributed by atoms with Gasteiger partial charge in [-0.3, -0.25) is 14.4 Å². The third-order valence-electron chi connectivity index (χ3n) is 3.11. The predicted molar refractivity (Wildman–Crippen MR) is 84.0 cm³/mol. The fraction of sp³-hybridized carbons (Fsp3) is 0.118. The van der Waals surface area contributed by atoms with Gasteiger partial charge in [0.25, 0.3) is 11.8 Å². The zero-order chi connectivity index (χ0) is 16.7. The first kappa shape index (κ1) is 16.2. The second-order valence-corrected chi connectivity index (χ2v) is 4.82. The Labute approximate surface area is 133 Å². The highest BCUT2D eigenvalue weighted by Crippen LogP contribution is 2.05. The quantitative estimate of drug-likeness (QED) is 0.752. The molecule has 0 saturated carbocycles. The fourth-order valence-corrected chi connectivity index (χ4v) is 1.91. The number of nitrogens with one attached hydrogen (secondary N) is 2. The number of benzene rings is 2. The fourth-order valence-electron chi connectivity index (χ4n) is 1.91. The molecule has 23 heavy (non-hydrogen) atoms. The van der Waals surface area contributed by atoms with Crippen LogP contribution in [0.15, 0.2) is 54.6 Å². The van der Waals surface area contributed by atoms with Gasteiger partial charge in [-0.15, -0.1) is 0 Å². The smallest absolute Gasteiger partial charge is 0.322 e. The van der Waals surface area contributed by atoms with Crippen molar-refractivity contribution in [3.63, 3.8) is 0 Å². The zero-order valence-electron chi connectivity index (χ0n) is 12.3. The topological polar surface area (TPSA) is 95.5 Å². The number of aliphatic carboxylic acids is 1. The minimum atomic E-state index is -1.10. The van der Waals surface area contributed by atoms with E-state index >= 15 is 0 Å². The molecule has 2 rings (SSSR count). The minimum Gasteiger partial charge on any atom is -0.480 e. The molecular weight excluding hydrogens is 296 g/mol. The van der Waals surface area contributed by atoms with Crippen LogP contribution in [0.5, 0.6) is 0 Å². The predicted octanol–water partition coefficient (Wildman–Crippen LogP) is 1.43. The van der Waals surface area contributed by atoms with Crippen molar-refractivity contribution in [1.82, 2.24) is 10.6 Å². The summed E-state index contributed by atoms with van der Waals surface area (Å²) < 4.78 is 0. The van der Waals surface area contributed by atoms with E-state index < -0.39 is 18.4 Å². The number of amides is 2. The maximum atomic E-state index is 11.9. The summed E-state index contributed by atoms with van der Waals surface area (Å²) in [6.07, 6.45) is 0. The van der Waals surface area contributed by atoms with Crippen molar-refractivity contribution in [1.29, 1.82) is 0 Å². The highest BCUT2D eigenvalue weighted by Gasteiger charge is 2.08. The van der Waals surface area contributed by atoms with Gasteiger partial charge in [0.1, 0.15) is 6.54 Å². The lowest BCUT2D eigenvalue weighted by atomic mass is 10.1. The third kappa shape index (κ3) is 4.96. The molecule has 2 amide bonds. The maximum Gasteiger partial charge on any atom is 0.322 e. The number of hydrogen-bond donors (Lipinski definition) is 3. The van der Waals surface area contributed by atoms with E-state index in [0.717, 1.165) is 5.56 Å². The first-order valence-electron chi connectivity index (χ1n) is 6.98. The van der Waals surface area contributed by atoms with Crippen LogP contribution in [0.4, 0.5) is 0 Å². The minimum absolute atomic E-state index is 0.172. The molecule has 0 unspecified atom stereocenters. The second-order valence-electron chi connectivity index (χ2n) is 4.82. The molecule has 6 nitrogen and oxygen atoms in total. The Balaban J connectivity index is 1.89. The second kappa shape index (κ2) is 7.74. The summed E-state index contributed by atoms with van der Waals surface area (Å²) in [7, 11) is 0. The number of carboxylic acids is 1. The van der Waals surface area contributed by atoms with Crippen molar-refractivity contribution in [2.75, 3.05) is 6.54 Å². The molecule has 0 bridgehead atoms. The van der Waals surface area contributed by atoms with E-state index in [0.29, 0.717) is 17.7 Å². The van der Waals surface area contributed by atoms with Crippen LogP contribution in [0, 0.1) is 0 Å². The molecule has 0 aliphatic heterocycles. The first-order chi connectivity index (χ1) is 11.1. The van der Waals surface area contributed by atoms with Gasteiger partial charge in [0.05, 0.1) is 0 Å². The zero-order valence-corrected chi connectivity index (χ0v) is 12.3. The van der Waals surface area contributed by atoms with Crippen LogP contribution in [0.3, 0.4) is 0 Å². The third-order valence-corrected chi connectivity index (χ3v) is 3.11. The van der Waals surface area contributed by atoms with Crippen LogP contribution in [-0.4, -0.2) is 29.4 Å². The van der Waals surface area contributed by atoms with E-state index in [1.54, 1.807) is 48.5 Å². The van der Waals surface area contributed by atoms with E-state index in [2.05, 4.69) is 10.6 Å². The lowest BCUT2D eigenvalue weighted by molar-refractivity contribution is -0.135. The van der Waals surface area contributed by atoms with Crippen LogP contribution in [0.25, 0.3) is 0 Å². The van der Waals surface area contributed by atoms with Gasteiger partial charge in [0.2, 0.25) is 0 Å². The Kier molecular flexibility index (Phi) is 5.46. The maximum absolute atomic E-state index is 11.9. The summed E-state index contributed by atoms with van der Waals surface area (Å²) in [5, 5.41) is 13.6. The Morgan fingerprint density at radius 3 is 1.96 bits per heavy atom. The Morgan fingerprint density at radius 1 is 0.783 bits per heavy atom. The van der Waals surface area contributed by atoms with Gasteiger partial charge >= 0.3 is 5.97 Å².